The molecule has 1 heterocycles. The molecule has 1 N–H and O–H groups in total. The predicted molar refractivity (Wildman–Crippen MR) is 128 cm³/mol. The molecule has 1 aromatic rings. The van der Waals surface area contributed by atoms with Gasteiger partial charge in [-0.15, -0.1) is 0 Å². The minimum Gasteiger partial charge on any atom is -0.361 e. The highest BCUT2D eigenvalue weighted by Gasteiger charge is 2.50. The zero-order valence-corrected chi connectivity index (χ0v) is 20.6. The van der Waals surface area contributed by atoms with Gasteiger partial charge in [0.2, 0.25) is 0 Å². The second-order valence-corrected chi connectivity index (χ2v) is 11.4. The molecule has 6 heteroatoms. The van der Waals surface area contributed by atoms with Gasteiger partial charge in [0.1, 0.15) is 0 Å². The zero-order valence-electron chi connectivity index (χ0n) is 20.6. The maximum absolute atomic E-state index is 14.0. The number of alkyl halides is 3. The van der Waals surface area contributed by atoms with E-state index in [1.54, 1.807) is 0 Å². The fourth-order valence-corrected chi connectivity index (χ4v) is 6.81. The number of Topliss-reactive ketones (excluding diaryl/α,β-unsaturated/α-hetero) is 2. The number of carbonyl (C=O) groups excluding carboxylic acids is 2. The van der Waals surface area contributed by atoms with Gasteiger partial charge in [0.05, 0.1) is 5.56 Å². The fourth-order valence-electron chi connectivity index (χ4n) is 6.81. The Kier molecular flexibility index (Phi) is 6.21. The van der Waals surface area contributed by atoms with Crippen LogP contribution in [0.2, 0.25) is 0 Å². The van der Waals surface area contributed by atoms with Gasteiger partial charge in [0.15, 0.2) is 11.6 Å². The number of hydrogen-bond donors (Lipinski definition) is 1. The van der Waals surface area contributed by atoms with Crippen LogP contribution >= 0.6 is 0 Å². The van der Waals surface area contributed by atoms with Gasteiger partial charge in [-0.05, 0) is 61.5 Å². The lowest BCUT2D eigenvalue weighted by molar-refractivity contribution is -0.137. The Labute approximate surface area is 205 Å². The summed E-state index contributed by atoms with van der Waals surface area (Å²) in [7, 11) is 0. The van der Waals surface area contributed by atoms with Crippen LogP contribution in [-0.2, 0) is 11.0 Å². The summed E-state index contributed by atoms with van der Waals surface area (Å²) in [5, 5.41) is 3.55. The molecule has 0 bridgehead atoms. The molecule has 3 nitrogen and oxygen atoms in total. The topological polar surface area (TPSA) is 46.2 Å². The second kappa shape index (κ2) is 8.94. The number of ketones is 2. The standard InChI is InChI=1S/C29H34F3NO2/c1-17(2)26-25(27(35)19-9-11-20(12-10-19)29(30,31)32)23(18-7-4-3-5-8-18)24-21(33-26)15-28(13-6-14-28)16-22(24)34/h9-12,17-18,23,33H,3-8,13-16H2,1-2H3. The van der Waals surface area contributed by atoms with Gasteiger partial charge in [0.25, 0.3) is 0 Å². The average Bonchev–Trinajstić information content (AvgIpc) is 2.81. The number of dihydropyridines is 1. The van der Waals surface area contributed by atoms with Crippen LogP contribution in [0.3, 0.4) is 0 Å². The number of benzene rings is 1. The van der Waals surface area contributed by atoms with E-state index in [2.05, 4.69) is 5.32 Å². The summed E-state index contributed by atoms with van der Waals surface area (Å²) in [5.74, 6) is -0.137. The third kappa shape index (κ3) is 4.38. The van der Waals surface area contributed by atoms with Gasteiger partial charge in [-0.25, -0.2) is 0 Å². The minimum absolute atomic E-state index is 0.0258. The van der Waals surface area contributed by atoms with Crippen molar-refractivity contribution in [2.24, 2.45) is 23.2 Å². The van der Waals surface area contributed by atoms with E-state index in [1.165, 1.54) is 12.1 Å². The highest BCUT2D eigenvalue weighted by molar-refractivity contribution is 6.12. The van der Waals surface area contributed by atoms with E-state index in [9.17, 15) is 22.8 Å². The number of carbonyl (C=O) groups is 2. The van der Waals surface area contributed by atoms with Crippen molar-refractivity contribution in [3.63, 3.8) is 0 Å². The largest absolute Gasteiger partial charge is 0.416 e. The van der Waals surface area contributed by atoms with Crippen molar-refractivity contribution in [2.75, 3.05) is 0 Å². The monoisotopic (exact) mass is 485 g/mol. The van der Waals surface area contributed by atoms with E-state index in [0.717, 1.165) is 86.9 Å². The molecule has 0 saturated heterocycles. The number of nitrogens with one attached hydrogen (secondary N) is 1. The van der Waals surface area contributed by atoms with E-state index in [1.807, 2.05) is 13.8 Å². The molecule has 0 amide bonds. The summed E-state index contributed by atoms with van der Waals surface area (Å²) in [6, 6.07) is 4.52. The van der Waals surface area contributed by atoms with Crippen LogP contribution in [0.4, 0.5) is 13.2 Å². The van der Waals surface area contributed by atoms with E-state index in [-0.39, 0.29) is 40.3 Å². The number of hydrogen-bond acceptors (Lipinski definition) is 3. The number of rotatable bonds is 4. The Bertz CT molecular complexity index is 1080. The van der Waals surface area contributed by atoms with Crippen LogP contribution in [0, 0.1) is 23.2 Å². The Hall–Kier alpha value is -2.37. The third-order valence-corrected chi connectivity index (χ3v) is 8.74. The molecule has 1 spiro atoms. The predicted octanol–water partition coefficient (Wildman–Crippen LogP) is 7.39. The quantitative estimate of drug-likeness (QED) is 0.453. The Morgan fingerprint density at radius 2 is 1.66 bits per heavy atom. The van der Waals surface area contributed by atoms with Gasteiger partial charge >= 0.3 is 6.18 Å². The first-order valence-corrected chi connectivity index (χ1v) is 13.1. The molecule has 1 aromatic carbocycles. The van der Waals surface area contributed by atoms with E-state index >= 15 is 0 Å². The molecule has 3 aliphatic carbocycles. The van der Waals surface area contributed by atoms with Crippen LogP contribution in [-0.4, -0.2) is 11.6 Å². The zero-order chi connectivity index (χ0) is 25.0. The number of allylic oxidation sites excluding steroid dienone is 4. The van der Waals surface area contributed by atoms with E-state index in [4.69, 9.17) is 0 Å². The van der Waals surface area contributed by atoms with Crippen molar-refractivity contribution in [3.8, 4) is 0 Å². The molecule has 0 aromatic heterocycles. The van der Waals surface area contributed by atoms with E-state index in [0.29, 0.717) is 12.0 Å². The molecule has 1 atom stereocenters. The van der Waals surface area contributed by atoms with Crippen molar-refractivity contribution in [1.29, 1.82) is 0 Å². The highest BCUT2D eigenvalue weighted by atomic mass is 19.4. The van der Waals surface area contributed by atoms with Crippen molar-refractivity contribution in [1.82, 2.24) is 5.32 Å². The summed E-state index contributed by atoms with van der Waals surface area (Å²) < 4.78 is 39.4. The molecule has 2 saturated carbocycles. The molecule has 1 aliphatic heterocycles. The second-order valence-electron chi connectivity index (χ2n) is 11.4. The van der Waals surface area contributed by atoms with Gasteiger partial charge in [0, 0.05) is 40.4 Å². The molecule has 35 heavy (non-hydrogen) atoms. The fraction of sp³-hybridized carbons (Fsp3) is 0.586. The summed E-state index contributed by atoms with van der Waals surface area (Å²) in [5.41, 5.74) is 2.78. The molecule has 0 radical (unpaired) electrons. The van der Waals surface area contributed by atoms with Gasteiger partial charge in [-0.3, -0.25) is 9.59 Å². The first kappa shape index (κ1) is 24.3. The summed E-state index contributed by atoms with van der Waals surface area (Å²) in [6.45, 7) is 4.07. The van der Waals surface area contributed by atoms with Crippen LogP contribution in [0.15, 0.2) is 46.8 Å². The first-order chi connectivity index (χ1) is 16.6. The molecule has 188 valence electrons. The molecule has 5 rings (SSSR count). The Balaban J connectivity index is 1.60. The molecule has 4 aliphatic rings. The molecule has 2 fully saturated rings. The van der Waals surface area contributed by atoms with E-state index < -0.39 is 11.7 Å². The summed E-state index contributed by atoms with van der Waals surface area (Å²) >= 11 is 0. The smallest absolute Gasteiger partial charge is 0.361 e. The lowest BCUT2D eigenvalue weighted by Crippen LogP contribution is -2.46. The number of halogens is 3. The average molecular weight is 486 g/mol. The lowest BCUT2D eigenvalue weighted by Gasteiger charge is -2.49. The Morgan fingerprint density at radius 1 is 1.00 bits per heavy atom. The lowest BCUT2D eigenvalue weighted by atomic mass is 9.57. The Morgan fingerprint density at radius 3 is 2.20 bits per heavy atom. The first-order valence-electron chi connectivity index (χ1n) is 13.1. The highest BCUT2D eigenvalue weighted by Crippen LogP contribution is 2.55. The van der Waals surface area contributed by atoms with Crippen LogP contribution in [0.1, 0.15) is 94.0 Å². The van der Waals surface area contributed by atoms with Crippen molar-refractivity contribution in [2.45, 2.75) is 84.2 Å². The normalized spacial score (nSPS) is 25.0. The van der Waals surface area contributed by atoms with Gasteiger partial charge < -0.3 is 5.32 Å². The van der Waals surface area contributed by atoms with Gasteiger partial charge in [-0.2, -0.15) is 13.2 Å². The van der Waals surface area contributed by atoms with Crippen molar-refractivity contribution < 1.29 is 22.8 Å². The maximum Gasteiger partial charge on any atom is 0.416 e. The molecule has 1 unspecified atom stereocenters. The SMILES string of the molecule is CC(C)C1=C(C(=O)c2ccc(C(F)(F)F)cc2)C(C2CCCCC2)C2=C(CC3(CCC3)CC2=O)N1. The third-order valence-electron chi connectivity index (χ3n) is 8.74. The summed E-state index contributed by atoms with van der Waals surface area (Å²) in [6.07, 6.45) is 5.51. The van der Waals surface area contributed by atoms with Crippen LogP contribution in [0.5, 0.6) is 0 Å². The minimum atomic E-state index is -4.45. The van der Waals surface area contributed by atoms with Crippen LogP contribution < -0.4 is 5.32 Å². The van der Waals surface area contributed by atoms with Crippen molar-refractivity contribution in [3.05, 3.63) is 57.9 Å². The maximum atomic E-state index is 14.0. The molecular formula is C29H34F3NO2. The molecular weight excluding hydrogens is 451 g/mol. The summed E-state index contributed by atoms with van der Waals surface area (Å²) in [4.78, 5) is 27.7. The van der Waals surface area contributed by atoms with Crippen LogP contribution in [0.25, 0.3) is 0 Å². The van der Waals surface area contributed by atoms with Gasteiger partial charge in [-0.1, -0.05) is 51.7 Å². The van der Waals surface area contributed by atoms with Crippen molar-refractivity contribution >= 4 is 11.6 Å².